The van der Waals surface area contributed by atoms with Gasteiger partial charge in [0, 0.05) is 25.7 Å². The van der Waals surface area contributed by atoms with Crippen LogP contribution in [0.3, 0.4) is 0 Å². The Morgan fingerprint density at radius 1 is 1.35 bits per heavy atom. The van der Waals surface area contributed by atoms with Gasteiger partial charge in [-0.3, -0.25) is 9.59 Å². The molecule has 0 unspecified atom stereocenters. The number of benzene rings is 1. The molecule has 2 fully saturated rings. The van der Waals surface area contributed by atoms with Gasteiger partial charge in [0.15, 0.2) is 0 Å². The minimum absolute atomic E-state index is 0.0906. The van der Waals surface area contributed by atoms with Crippen LogP contribution in [0, 0.1) is 11.3 Å². The molecule has 1 aliphatic carbocycles. The van der Waals surface area contributed by atoms with Gasteiger partial charge < -0.3 is 16.0 Å². The average molecular weight is 315 g/mol. The lowest BCUT2D eigenvalue weighted by Crippen LogP contribution is -2.47. The minimum atomic E-state index is -0.215. The van der Waals surface area contributed by atoms with Gasteiger partial charge in [-0.15, -0.1) is 0 Å². The maximum atomic E-state index is 12.8. The van der Waals surface area contributed by atoms with Crippen LogP contribution in [0.4, 0.5) is 5.69 Å². The first-order valence-corrected chi connectivity index (χ1v) is 8.46. The zero-order chi connectivity index (χ0) is 16.3. The van der Waals surface area contributed by atoms with E-state index in [1.807, 2.05) is 24.3 Å². The maximum absolute atomic E-state index is 12.8. The number of rotatable bonds is 4. The summed E-state index contributed by atoms with van der Waals surface area (Å²) in [6.45, 7) is 3.76. The Kier molecular flexibility index (Phi) is 4.66. The van der Waals surface area contributed by atoms with Crippen molar-refractivity contribution in [2.45, 2.75) is 39.2 Å². The van der Waals surface area contributed by atoms with Gasteiger partial charge in [-0.25, -0.2) is 0 Å². The van der Waals surface area contributed by atoms with Crippen LogP contribution in [0.25, 0.3) is 0 Å². The fourth-order valence-electron chi connectivity index (χ4n) is 4.01. The third kappa shape index (κ3) is 3.39. The van der Waals surface area contributed by atoms with Crippen molar-refractivity contribution in [3.05, 3.63) is 29.8 Å². The zero-order valence-corrected chi connectivity index (χ0v) is 13.7. The SMILES string of the molecule is CC(=O)Nc1cccc(CNC(=O)[C@@]23CCCC[C@H]2CNC3)c1. The van der Waals surface area contributed by atoms with Crippen molar-refractivity contribution in [2.24, 2.45) is 11.3 Å². The van der Waals surface area contributed by atoms with E-state index in [0.717, 1.165) is 43.6 Å². The molecule has 1 heterocycles. The number of hydrogen-bond acceptors (Lipinski definition) is 3. The van der Waals surface area contributed by atoms with Gasteiger partial charge in [-0.1, -0.05) is 25.0 Å². The molecule has 1 aliphatic heterocycles. The standard InChI is InChI=1S/C18H25N3O2/c1-13(22)21-16-7-4-5-14(9-16)10-20-17(23)18-8-3-2-6-15(18)11-19-12-18/h4-5,7,9,15,19H,2-3,6,8,10-12H2,1H3,(H,20,23)(H,21,22)/t15-,18+/m0/s1. The molecule has 3 N–H and O–H groups in total. The number of anilines is 1. The molecule has 1 aromatic carbocycles. The molecule has 5 nitrogen and oxygen atoms in total. The molecule has 124 valence electrons. The molecule has 3 rings (SSSR count). The molecule has 0 spiro atoms. The van der Waals surface area contributed by atoms with Crippen molar-refractivity contribution in [1.82, 2.24) is 10.6 Å². The van der Waals surface area contributed by atoms with Crippen LogP contribution in [0.1, 0.15) is 38.2 Å². The van der Waals surface area contributed by atoms with E-state index in [-0.39, 0.29) is 17.2 Å². The fraction of sp³-hybridized carbons (Fsp3) is 0.556. The predicted molar refractivity (Wildman–Crippen MR) is 89.9 cm³/mol. The highest BCUT2D eigenvalue weighted by Crippen LogP contribution is 2.43. The number of carbonyl (C=O) groups excluding carboxylic acids is 2. The summed E-state index contributed by atoms with van der Waals surface area (Å²) in [5.74, 6) is 0.561. The third-order valence-electron chi connectivity index (χ3n) is 5.19. The van der Waals surface area contributed by atoms with Crippen LogP contribution in [-0.4, -0.2) is 24.9 Å². The molecular weight excluding hydrogens is 290 g/mol. The van der Waals surface area contributed by atoms with Gasteiger partial charge in [0.05, 0.1) is 5.41 Å². The van der Waals surface area contributed by atoms with Gasteiger partial charge >= 0.3 is 0 Å². The second-order valence-corrected chi connectivity index (χ2v) is 6.79. The smallest absolute Gasteiger partial charge is 0.228 e. The van der Waals surface area contributed by atoms with Gasteiger partial charge in [-0.05, 0) is 43.0 Å². The molecule has 1 saturated carbocycles. The van der Waals surface area contributed by atoms with E-state index in [0.29, 0.717) is 12.5 Å². The predicted octanol–water partition coefficient (Wildman–Crippen LogP) is 2.04. The van der Waals surface area contributed by atoms with Crippen LogP contribution in [0.15, 0.2) is 24.3 Å². The largest absolute Gasteiger partial charge is 0.351 e. The molecule has 0 radical (unpaired) electrons. The summed E-state index contributed by atoms with van der Waals surface area (Å²) >= 11 is 0. The second kappa shape index (κ2) is 6.71. The Bertz CT molecular complexity index is 602. The van der Waals surface area contributed by atoms with E-state index < -0.39 is 0 Å². The molecule has 2 amide bonds. The molecule has 2 aliphatic rings. The van der Waals surface area contributed by atoms with Crippen molar-refractivity contribution in [2.75, 3.05) is 18.4 Å². The summed E-state index contributed by atoms with van der Waals surface area (Å²) in [6.07, 6.45) is 4.52. The second-order valence-electron chi connectivity index (χ2n) is 6.79. The first-order valence-electron chi connectivity index (χ1n) is 8.46. The normalized spacial score (nSPS) is 26.4. The zero-order valence-electron chi connectivity index (χ0n) is 13.7. The lowest BCUT2D eigenvalue weighted by Gasteiger charge is -2.37. The minimum Gasteiger partial charge on any atom is -0.351 e. The van der Waals surface area contributed by atoms with Gasteiger partial charge in [0.25, 0.3) is 0 Å². The number of hydrogen-bond donors (Lipinski definition) is 3. The molecule has 2 atom stereocenters. The van der Waals surface area contributed by atoms with Gasteiger partial charge in [-0.2, -0.15) is 0 Å². The van der Waals surface area contributed by atoms with Crippen LogP contribution < -0.4 is 16.0 Å². The lowest BCUT2D eigenvalue weighted by atomic mass is 9.67. The summed E-state index contributed by atoms with van der Waals surface area (Å²) in [5, 5.41) is 9.30. The van der Waals surface area contributed by atoms with Gasteiger partial charge in [0.1, 0.15) is 0 Å². The van der Waals surface area contributed by atoms with Crippen molar-refractivity contribution >= 4 is 17.5 Å². The van der Waals surface area contributed by atoms with Gasteiger partial charge in [0.2, 0.25) is 11.8 Å². The molecule has 1 saturated heterocycles. The number of fused-ring (bicyclic) bond motifs is 1. The van der Waals surface area contributed by atoms with Crippen LogP contribution in [0.2, 0.25) is 0 Å². The van der Waals surface area contributed by atoms with E-state index in [9.17, 15) is 9.59 Å². The number of carbonyl (C=O) groups is 2. The summed E-state index contributed by atoms with van der Waals surface area (Å²) in [6, 6.07) is 7.62. The van der Waals surface area contributed by atoms with Crippen molar-refractivity contribution in [3.63, 3.8) is 0 Å². The summed E-state index contributed by atoms with van der Waals surface area (Å²) in [5.41, 5.74) is 1.55. The Hall–Kier alpha value is -1.88. The topological polar surface area (TPSA) is 70.2 Å². The van der Waals surface area contributed by atoms with E-state index in [1.165, 1.54) is 13.3 Å². The molecule has 1 aromatic rings. The van der Waals surface area contributed by atoms with E-state index in [1.54, 1.807) is 0 Å². The molecule has 5 heteroatoms. The van der Waals surface area contributed by atoms with E-state index in [4.69, 9.17) is 0 Å². The summed E-state index contributed by atoms with van der Waals surface area (Å²) in [7, 11) is 0. The Balaban J connectivity index is 1.63. The Morgan fingerprint density at radius 2 is 2.22 bits per heavy atom. The van der Waals surface area contributed by atoms with Crippen LogP contribution in [0.5, 0.6) is 0 Å². The quantitative estimate of drug-likeness (QED) is 0.796. The van der Waals surface area contributed by atoms with Crippen molar-refractivity contribution < 1.29 is 9.59 Å². The monoisotopic (exact) mass is 315 g/mol. The summed E-state index contributed by atoms with van der Waals surface area (Å²) < 4.78 is 0. The highest BCUT2D eigenvalue weighted by molar-refractivity contribution is 5.88. The first kappa shape index (κ1) is 16.0. The first-order chi connectivity index (χ1) is 11.1. The molecule has 23 heavy (non-hydrogen) atoms. The molecule has 0 bridgehead atoms. The average Bonchev–Trinajstić information content (AvgIpc) is 2.97. The molecule has 0 aromatic heterocycles. The Labute approximate surface area is 137 Å². The Morgan fingerprint density at radius 3 is 3.04 bits per heavy atom. The molecular formula is C18H25N3O2. The highest BCUT2D eigenvalue weighted by atomic mass is 16.2. The number of amides is 2. The fourth-order valence-corrected chi connectivity index (χ4v) is 4.01. The highest BCUT2D eigenvalue weighted by Gasteiger charge is 2.49. The van der Waals surface area contributed by atoms with Crippen molar-refractivity contribution in [3.8, 4) is 0 Å². The van der Waals surface area contributed by atoms with Crippen LogP contribution in [-0.2, 0) is 16.1 Å². The third-order valence-corrected chi connectivity index (χ3v) is 5.19. The van der Waals surface area contributed by atoms with E-state index >= 15 is 0 Å². The maximum Gasteiger partial charge on any atom is 0.228 e. The van der Waals surface area contributed by atoms with Crippen molar-refractivity contribution in [1.29, 1.82) is 0 Å². The summed E-state index contributed by atoms with van der Waals surface area (Å²) in [4.78, 5) is 24.0. The van der Waals surface area contributed by atoms with E-state index in [2.05, 4.69) is 16.0 Å². The lowest BCUT2D eigenvalue weighted by molar-refractivity contribution is -0.134. The number of nitrogens with one attached hydrogen (secondary N) is 3. The van der Waals surface area contributed by atoms with Crippen LogP contribution >= 0.6 is 0 Å².